The van der Waals surface area contributed by atoms with Crippen LogP contribution in [-0.4, -0.2) is 22.8 Å². The van der Waals surface area contributed by atoms with E-state index < -0.39 is 16.6 Å². The second-order valence-corrected chi connectivity index (χ2v) is 5.24. The van der Waals surface area contributed by atoms with E-state index in [0.717, 1.165) is 0 Å². The smallest absolute Gasteiger partial charge is 0.428 e. The molecule has 8 heteroatoms. The Balaban J connectivity index is 2.73. The molecule has 0 spiro atoms. The van der Waals surface area contributed by atoms with Crippen molar-refractivity contribution in [3.63, 3.8) is 0 Å². The third kappa shape index (κ3) is 5.23. The molecule has 0 atom stereocenters. The fraction of sp³-hybridized carbons (Fsp3) is 0.333. The summed E-state index contributed by atoms with van der Waals surface area (Å²) in [4.78, 5) is 21.4. The highest BCUT2D eigenvalue weighted by molar-refractivity contribution is 6.33. The zero-order valence-corrected chi connectivity index (χ0v) is 12.0. The Bertz CT molecular complexity index is 552. The maximum absolute atomic E-state index is 11.3. The highest BCUT2D eigenvalue weighted by atomic mass is 35.5. The molecule has 0 aromatic heterocycles. The summed E-state index contributed by atoms with van der Waals surface area (Å²) in [5, 5.41) is 14.5. The molecule has 0 fully saturated rings. The first-order chi connectivity index (χ1) is 9.19. The number of amides is 1. The largest absolute Gasteiger partial charge is 0.443 e. The van der Waals surface area contributed by atoms with E-state index >= 15 is 0 Å². The number of nitro groups is 1. The maximum atomic E-state index is 11.3. The molecule has 1 rings (SSSR count). The van der Waals surface area contributed by atoms with Gasteiger partial charge in [-0.05, 0) is 26.8 Å². The topological polar surface area (TPSA) is 93.8 Å². The van der Waals surface area contributed by atoms with Crippen molar-refractivity contribution in [3.05, 3.63) is 38.9 Å². The van der Waals surface area contributed by atoms with Gasteiger partial charge in [-0.25, -0.2) is 10.2 Å². The number of ether oxygens (including phenoxy) is 1. The summed E-state index contributed by atoms with van der Waals surface area (Å²) in [7, 11) is 0. The number of rotatable bonds is 3. The molecule has 0 radical (unpaired) electrons. The van der Waals surface area contributed by atoms with Crippen LogP contribution in [0.1, 0.15) is 26.3 Å². The van der Waals surface area contributed by atoms with Crippen LogP contribution in [0.25, 0.3) is 0 Å². The normalized spacial score (nSPS) is 11.4. The lowest BCUT2D eigenvalue weighted by Gasteiger charge is -2.18. The van der Waals surface area contributed by atoms with Gasteiger partial charge in [0, 0.05) is 22.7 Å². The Morgan fingerprint density at radius 2 is 2.15 bits per heavy atom. The number of hydrazone groups is 1. The zero-order valence-electron chi connectivity index (χ0n) is 11.2. The van der Waals surface area contributed by atoms with Crippen molar-refractivity contribution in [2.75, 3.05) is 0 Å². The van der Waals surface area contributed by atoms with E-state index in [9.17, 15) is 14.9 Å². The van der Waals surface area contributed by atoms with Gasteiger partial charge in [0.25, 0.3) is 5.69 Å². The molecule has 1 aromatic rings. The van der Waals surface area contributed by atoms with Gasteiger partial charge >= 0.3 is 6.09 Å². The Morgan fingerprint density at radius 1 is 1.50 bits per heavy atom. The number of non-ortho nitro benzene ring substituents is 1. The van der Waals surface area contributed by atoms with E-state index in [1.807, 2.05) is 0 Å². The fourth-order valence-electron chi connectivity index (χ4n) is 1.20. The molecule has 108 valence electrons. The Labute approximate surface area is 120 Å². The van der Waals surface area contributed by atoms with Crippen LogP contribution in [0.2, 0.25) is 5.02 Å². The predicted molar refractivity (Wildman–Crippen MR) is 75.1 cm³/mol. The van der Waals surface area contributed by atoms with Gasteiger partial charge in [-0.3, -0.25) is 10.1 Å². The number of carbonyl (C=O) groups excluding carboxylic acids is 1. The van der Waals surface area contributed by atoms with Crippen LogP contribution in [0.5, 0.6) is 0 Å². The van der Waals surface area contributed by atoms with E-state index in [0.29, 0.717) is 5.56 Å². The first-order valence-corrected chi connectivity index (χ1v) is 6.03. The lowest BCUT2D eigenvalue weighted by Crippen LogP contribution is -2.29. The third-order valence-electron chi connectivity index (χ3n) is 1.95. The number of hydrogen-bond donors (Lipinski definition) is 1. The first-order valence-electron chi connectivity index (χ1n) is 5.65. The molecule has 0 saturated heterocycles. The highest BCUT2D eigenvalue weighted by Gasteiger charge is 2.15. The standard InChI is InChI=1S/C12H14ClN3O4/c1-12(2,3)20-11(17)15-14-7-8-6-9(16(18)19)4-5-10(8)13/h4-7H,1-3H3,(H,15,17)/b14-7-. The van der Waals surface area contributed by atoms with Crippen LogP contribution >= 0.6 is 11.6 Å². The molecule has 0 heterocycles. The molecule has 0 saturated carbocycles. The minimum absolute atomic E-state index is 0.117. The van der Waals surface area contributed by atoms with Crippen molar-refractivity contribution in [2.45, 2.75) is 26.4 Å². The molecule has 0 aliphatic heterocycles. The van der Waals surface area contributed by atoms with Crippen molar-refractivity contribution in [2.24, 2.45) is 5.10 Å². The van der Waals surface area contributed by atoms with Gasteiger partial charge in [-0.15, -0.1) is 0 Å². The molecule has 1 amide bonds. The van der Waals surface area contributed by atoms with Crippen molar-refractivity contribution >= 4 is 29.6 Å². The van der Waals surface area contributed by atoms with E-state index in [1.54, 1.807) is 20.8 Å². The van der Waals surface area contributed by atoms with Gasteiger partial charge in [-0.1, -0.05) is 11.6 Å². The van der Waals surface area contributed by atoms with Crippen molar-refractivity contribution in [1.82, 2.24) is 5.43 Å². The van der Waals surface area contributed by atoms with Gasteiger partial charge in [-0.2, -0.15) is 5.10 Å². The lowest BCUT2D eigenvalue weighted by molar-refractivity contribution is -0.384. The Hall–Kier alpha value is -2.15. The summed E-state index contributed by atoms with van der Waals surface area (Å²) in [6.45, 7) is 5.15. The van der Waals surface area contributed by atoms with Crippen LogP contribution in [0.4, 0.5) is 10.5 Å². The highest BCUT2D eigenvalue weighted by Crippen LogP contribution is 2.20. The van der Waals surface area contributed by atoms with E-state index in [-0.39, 0.29) is 10.7 Å². The van der Waals surface area contributed by atoms with Crippen LogP contribution in [0.3, 0.4) is 0 Å². The van der Waals surface area contributed by atoms with Crippen LogP contribution in [0, 0.1) is 10.1 Å². The van der Waals surface area contributed by atoms with E-state index in [4.69, 9.17) is 16.3 Å². The molecule has 0 aliphatic rings. The molecule has 0 aliphatic carbocycles. The fourth-order valence-corrected chi connectivity index (χ4v) is 1.37. The summed E-state index contributed by atoms with van der Waals surface area (Å²) in [6.07, 6.45) is 0.481. The van der Waals surface area contributed by atoms with Crippen LogP contribution < -0.4 is 5.43 Å². The second-order valence-electron chi connectivity index (χ2n) is 4.83. The zero-order chi connectivity index (χ0) is 15.3. The molecule has 1 N–H and O–H groups in total. The number of hydrogen-bond acceptors (Lipinski definition) is 5. The lowest BCUT2D eigenvalue weighted by atomic mass is 10.2. The van der Waals surface area contributed by atoms with Gasteiger partial charge in [0.1, 0.15) is 5.60 Å². The van der Waals surface area contributed by atoms with Gasteiger partial charge in [0.15, 0.2) is 0 Å². The average Bonchev–Trinajstić information content (AvgIpc) is 2.28. The molecule has 0 bridgehead atoms. The summed E-state index contributed by atoms with van der Waals surface area (Å²) in [5.41, 5.74) is 1.71. The van der Waals surface area contributed by atoms with E-state index in [2.05, 4.69) is 10.5 Å². The third-order valence-corrected chi connectivity index (χ3v) is 2.29. The van der Waals surface area contributed by atoms with Gasteiger partial charge in [0.2, 0.25) is 0 Å². The summed E-state index contributed by atoms with van der Waals surface area (Å²) in [5.74, 6) is 0. The molecule has 20 heavy (non-hydrogen) atoms. The van der Waals surface area contributed by atoms with Crippen molar-refractivity contribution < 1.29 is 14.5 Å². The predicted octanol–water partition coefficient (Wildman–Crippen LogP) is 3.11. The Kier molecular flexibility index (Phi) is 5.04. The summed E-state index contributed by atoms with van der Waals surface area (Å²) >= 11 is 5.86. The van der Waals surface area contributed by atoms with Crippen molar-refractivity contribution in [1.29, 1.82) is 0 Å². The van der Waals surface area contributed by atoms with Crippen LogP contribution in [0.15, 0.2) is 23.3 Å². The number of nitrogens with zero attached hydrogens (tertiary/aromatic N) is 2. The number of benzene rings is 1. The van der Waals surface area contributed by atoms with Crippen LogP contribution in [-0.2, 0) is 4.74 Å². The summed E-state index contributed by atoms with van der Waals surface area (Å²) < 4.78 is 4.96. The molecule has 0 unspecified atom stereocenters. The van der Waals surface area contributed by atoms with Gasteiger partial charge < -0.3 is 4.74 Å². The molecular formula is C12H14ClN3O4. The number of halogens is 1. The molecule has 7 nitrogen and oxygen atoms in total. The van der Waals surface area contributed by atoms with Crippen molar-refractivity contribution in [3.8, 4) is 0 Å². The second kappa shape index (κ2) is 6.33. The average molecular weight is 300 g/mol. The monoisotopic (exact) mass is 299 g/mol. The SMILES string of the molecule is CC(C)(C)OC(=O)N/N=C\c1cc([N+](=O)[O-])ccc1Cl. The summed E-state index contributed by atoms with van der Waals surface area (Å²) in [6, 6.07) is 3.91. The molecular weight excluding hydrogens is 286 g/mol. The molecule has 1 aromatic carbocycles. The number of nitrogens with one attached hydrogen (secondary N) is 1. The van der Waals surface area contributed by atoms with Gasteiger partial charge in [0.05, 0.1) is 11.1 Å². The van der Waals surface area contributed by atoms with E-state index in [1.165, 1.54) is 24.4 Å². The minimum atomic E-state index is -0.727. The maximum Gasteiger partial charge on any atom is 0.428 e. The number of nitro benzene ring substituents is 1. The number of carbonyl (C=O) groups is 1. The quantitative estimate of drug-likeness (QED) is 0.527. The first kappa shape index (κ1) is 15.9. The minimum Gasteiger partial charge on any atom is -0.443 e. The Morgan fingerprint density at radius 3 is 2.70 bits per heavy atom.